The molecule has 25 heavy (non-hydrogen) atoms. The van der Waals surface area contributed by atoms with Crippen LogP contribution in [0.2, 0.25) is 0 Å². The van der Waals surface area contributed by atoms with Gasteiger partial charge in [0.15, 0.2) is 0 Å². The van der Waals surface area contributed by atoms with E-state index in [9.17, 15) is 14.7 Å². The van der Waals surface area contributed by atoms with Crippen LogP contribution < -0.4 is 0 Å². The lowest BCUT2D eigenvalue weighted by Gasteiger charge is -2.43. The number of hydrogen-bond donors (Lipinski definition) is 1. The highest BCUT2D eigenvalue weighted by Crippen LogP contribution is 2.33. The summed E-state index contributed by atoms with van der Waals surface area (Å²) in [6.07, 6.45) is 4.73. The van der Waals surface area contributed by atoms with Crippen molar-refractivity contribution in [3.8, 4) is 0 Å². The third-order valence-corrected chi connectivity index (χ3v) is 5.59. The molecule has 1 saturated carbocycles. The Hall–Kier alpha value is -1.88. The fraction of sp³-hybridized carbons (Fsp3) is 0.600. The normalized spacial score (nSPS) is 23.4. The molecule has 0 unspecified atom stereocenters. The molecule has 1 heterocycles. The average Bonchev–Trinajstić information content (AvgIpc) is 2.62. The van der Waals surface area contributed by atoms with Gasteiger partial charge in [-0.25, -0.2) is 0 Å². The number of carbonyl (C=O) groups excluding carboxylic acids is 2. The van der Waals surface area contributed by atoms with Crippen molar-refractivity contribution in [3.05, 3.63) is 35.9 Å². The number of carbonyl (C=O) groups is 2. The summed E-state index contributed by atoms with van der Waals surface area (Å²) in [5.74, 6) is 0.0420. The van der Waals surface area contributed by atoms with Crippen molar-refractivity contribution >= 4 is 11.8 Å². The molecule has 1 aromatic rings. The Bertz CT molecular complexity index is 611. The zero-order valence-corrected chi connectivity index (χ0v) is 15.0. The zero-order valence-electron chi connectivity index (χ0n) is 15.0. The summed E-state index contributed by atoms with van der Waals surface area (Å²) in [4.78, 5) is 28.5. The second kappa shape index (κ2) is 7.56. The molecule has 136 valence electrons. The van der Waals surface area contributed by atoms with Crippen LogP contribution in [0.15, 0.2) is 30.3 Å². The molecule has 1 atom stereocenters. The van der Waals surface area contributed by atoms with Gasteiger partial charge in [0.1, 0.15) is 0 Å². The fourth-order valence-electron chi connectivity index (χ4n) is 4.10. The van der Waals surface area contributed by atoms with Crippen LogP contribution in [0, 0.1) is 0 Å². The van der Waals surface area contributed by atoms with Crippen LogP contribution in [0.25, 0.3) is 0 Å². The van der Waals surface area contributed by atoms with Crippen LogP contribution >= 0.6 is 0 Å². The lowest BCUT2D eigenvalue weighted by Crippen LogP contribution is -2.53. The third kappa shape index (κ3) is 4.21. The van der Waals surface area contributed by atoms with Crippen molar-refractivity contribution in [1.29, 1.82) is 0 Å². The van der Waals surface area contributed by atoms with Crippen LogP contribution in [0.5, 0.6) is 0 Å². The Morgan fingerprint density at radius 2 is 1.80 bits per heavy atom. The topological polar surface area (TPSA) is 60.9 Å². The second-order valence-corrected chi connectivity index (χ2v) is 7.44. The first-order valence-corrected chi connectivity index (χ1v) is 9.31. The van der Waals surface area contributed by atoms with Crippen LogP contribution in [0.4, 0.5) is 0 Å². The number of amides is 2. The minimum absolute atomic E-state index is 0.00135. The van der Waals surface area contributed by atoms with Crippen LogP contribution in [0.1, 0.15) is 57.1 Å². The van der Waals surface area contributed by atoms with Gasteiger partial charge in [-0.3, -0.25) is 9.59 Å². The summed E-state index contributed by atoms with van der Waals surface area (Å²) >= 11 is 0. The molecule has 1 aliphatic carbocycles. The van der Waals surface area contributed by atoms with Gasteiger partial charge in [0.05, 0.1) is 18.1 Å². The molecular weight excluding hydrogens is 316 g/mol. The van der Waals surface area contributed by atoms with Crippen molar-refractivity contribution < 1.29 is 14.7 Å². The van der Waals surface area contributed by atoms with E-state index in [0.29, 0.717) is 32.5 Å². The highest BCUT2D eigenvalue weighted by Gasteiger charge is 2.37. The molecule has 1 N–H and O–H groups in total. The predicted octanol–water partition coefficient (Wildman–Crippen LogP) is 2.50. The molecule has 1 aliphatic heterocycles. The Labute approximate surface area is 149 Å². The van der Waals surface area contributed by atoms with E-state index in [1.54, 1.807) is 11.8 Å². The minimum atomic E-state index is -0.853. The van der Waals surface area contributed by atoms with Crippen molar-refractivity contribution in [2.45, 2.75) is 57.1 Å². The summed E-state index contributed by atoms with van der Waals surface area (Å²) in [7, 11) is 0. The van der Waals surface area contributed by atoms with Gasteiger partial charge in [-0.05, 0) is 18.4 Å². The minimum Gasteiger partial charge on any atom is -0.389 e. The van der Waals surface area contributed by atoms with E-state index in [1.807, 2.05) is 35.2 Å². The highest BCUT2D eigenvalue weighted by molar-refractivity contribution is 5.79. The predicted molar refractivity (Wildman–Crippen MR) is 95.8 cm³/mol. The van der Waals surface area contributed by atoms with Crippen molar-refractivity contribution in [1.82, 2.24) is 9.80 Å². The Morgan fingerprint density at radius 1 is 1.12 bits per heavy atom. The van der Waals surface area contributed by atoms with Crippen molar-refractivity contribution in [3.63, 3.8) is 0 Å². The quantitative estimate of drug-likeness (QED) is 0.916. The first kappa shape index (κ1) is 17.9. The van der Waals surface area contributed by atoms with Gasteiger partial charge in [0.2, 0.25) is 11.8 Å². The summed E-state index contributed by atoms with van der Waals surface area (Å²) < 4.78 is 0. The molecule has 1 aromatic carbocycles. The third-order valence-electron chi connectivity index (χ3n) is 5.59. The van der Waals surface area contributed by atoms with Gasteiger partial charge in [-0.1, -0.05) is 49.6 Å². The van der Waals surface area contributed by atoms with Crippen LogP contribution in [0.3, 0.4) is 0 Å². The molecule has 0 bridgehead atoms. The molecule has 2 aliphatic rings. The maximum absolute atomic E-state index is 13.0. The van der Waals surface area contributed by atoms with Gasteiger partial charge in [-0.15, -0.1) is 0 Å². The Morgan fingerprint density at radius 3 is 2.44 bits per heavy atom. The van der Waals surface area contributed by atoms with E-state index in [2.05, 4.69) is 0 Å². The molecule has 2 amide bonds. The lowest BCUT2D eigenvalue weighted by atomic mass is 9.82. The standard InChI is InChI=1S/C20H28N2O3/c1-16(23)21-12-13-22(18(15-21)17-8-4-2-5-9-17)19(24)14-20(25)10-6-3-7-11-20/h2,4-5,8-9,18,25H,3,6-7,10-15H2,1H3/t18-/m0/s1. The smallest absolute Gasteiger partial charge is 0.226 e. The number of nitrogens with zero attached hydrogens (tertiary/aromatic N) is 2. The first-order chi connectivity index (χ1) is 12.0. The number of benzene rings is 1. The van der Waals surface area contributed by atoms with Gasteiger partial charge in [-0.2, -0.15) is 0 Å². The maximum Gasteiger partial charge on any atom is 0.226 e. The number of aliphatic hydroxyl groups is 1. The molecule has 5 heteroatoms. The summed E-state index contributed by atoms with van der Waals surface area (Å²) in [6, 6.07) is 9.73. The van der Waals surface area contributed by atoms with Crippen molar-refractivity contribution in [2.75, 3.05) is 19.6 Å². The molecule has 0 aromatic heterocycles. The summed E-state index contributed by atoms with van der Waals surface area (Å²) in [5, 5.41) is 10.8. The Kier molecular flexibility index (Phi) is 5.42. The zero-order chi connectivity index (χ0) is 17.9. The lowest BCUT2D eigenvalue weighted by molar-refractivity contribution is -0.147. The molecule has 1 saturated heterocycles. The number of rotatable bonds is 3. The molecule has 0 spiro atoms. The number of hydrogen-bond acceptors (Lipinski definition) is 3. The van der Waals surface area contributed by atoms with E-state index < -0.39 is 5.60 Å². The fourth-order valence-corrected chi connectivity index (χ4v) is 4.10. The average molecular weight is 344 g/mol. The molecule has 2 fully saturated rings. The monoisotopic (exact) mass is 344 g/mol. The van der Waals surface area contributed by atoms with E-state index in [1.165, 1.54) is 0 Å². The maximum atomic E-state index is 13.0. The van der Waals surface area contributed by atoms with Crippen LogP contribution in [-0.2, 0) is 9.59 Å². The van der Waals surface area contributed by atoms with Gasteiger partial charge >= 0.3 is 0 Å². The van der Waals surface area contributed by atoms with Gasteiger partial charge in [0.25, 0.3) is 0 Å². The highest BCUT2D eigenvalue weighted by atomic mass is 16.3. The van der Waals surface area contributed by atoms with Crippen molar-refractivity contribution in [2.24, 2.45) is 0 Å². The number of piperazine rings is 1. The van der Waals surface area contributed by atoms with E-state index in [4.69, 9.17) is 0 Å². The molecule has 5 nitrogen and oxygen atoms in total. The summed E-state index contributed by atoms with van der Waals surface area (Å²) in [5.41, 5.74) is 0.186. The van der Waals surface area contributed by atoms with Crippen LogP contribution in [-0.4, -0.2) is 52.0 Å². The summed E-state index contributed by atoms with van der Waals surface area (Å²) in [6.45, 7) is 3.17. The Balaban J connectivity index is 1.77. The van der Waals surface area contributed by atoms with Gasteiger partial charge < -0.3 is 14.9 Å². The van der Waals surface area contributed by atoms with E-state index >= 15 is 0 Å². The van der Waals surface area contributed by atoms with Gasteiger partial charge in [0, 0.05) is 26.6 Å². The SMILES string of the molecule is CC(=O)N1CCN(C(=O)CC2(O)CCCCC2)[C@H](c2ccccc2)C1. The van der Waals surface area contributed by atoms with E-state index in [-0.39, 0.29) is 24.3 Å². The molecule has 0 radical (unpaired) electrons. The first-order valence-electron chi connectivity index (χ1n) is 9.31. The van der Waals surface area contributed by atoms with E-state index in [0.717, 1.165) is 24.8 Å². The second-order valence-electron chi connectivity index (χ2n) is 7.44. The molecular formula is C20H28N2O3. The largest absolute Gasteiger partial charge is 0.389 e. The molecule has 3 rings (SSSR count).